The largest absolute Gasteiger partial charge is 0.369 e. The fraction of sp³-hybridized carbons (Fsp3) is 0.667. The standard InChI is InChI=1S/C12H16N3O2/c13-6-9-7-15(8-9)10(16)5-12(11(14)17)3-1-2-4-12/h5,9H,1-4,7-8H2,(H2,14,17). The van der Waals surface area contributed by atoms with Crippen LogP contribution in [0.3, 0.4) is 0 Å². The lowest BCUT2D eigenvalue weighted by Crippen LogP contribution is -2.52. The van der Waals surface area contributed by atoms with Gasteiger partial charge in [0.25, 0.3) is 0 Å². The van der Waals surface area contributed by atoms with E-state index in [0.717, 1.165) is 12.8 Å². The summed E-state index contributed by atoms with van der Waals surface area (Å²) in [5, 5.41) is 8.64. The first-order chi connectivity index (χ1) is 8.07. The van der Waals surface area contributed by atoms with E-state index in [4.69, 9.17) is 11.0 Å². The van der Waals surface area contributed by atoms with Crippen molar-refractivity contribution in [2.45, 2.75) is 25.7 Å². The van der Waals surface area contributed by atoms with Gasteiger partial charge in [0, 0.05) is 13.1 Å². The number of nitrogens with two attached hydrogens (primary N) is 1. The van der Waals surface area contributed by atoms with Crippen molar-refractivity contribution in [1.82, 2.24) is 4.90 Å². The molecular formula is C12H16N3O2. The third-order valence-corrected chi connectivity index (χ3v) is 3.76. The number of carbonyl (C=O) groups is 2. The number of amides is 2. The van der Waals surface area contributed by atoms with Crippen LogP contribution in [0.4, 0.5) is 0 Å². The maximum Gasteiger partial charge on any atom is 0.227 e. The predicted octanol–water partition coefficient (Wildman–Crippen LogP) is 0.218. The lowest BCUT2D eigenvalue weighted by molar-refractivity contribution is -0.137. The molecule has 0 unspecified atom stereocenters. The highest BCUT2D eigenvalue weighted by Crippen LogP contribution is 2.41. The van der Waals surface area contributed by atoms with Crippen molar-refractivity contribution in [2.75, 3.05) is 13.1 Å². The molecule has 91 valence electrons. The van der Waals surface area contributed by atoms with Crippen LogP contribution in [-0.2, 0) is 9.59 Å². The van der Waals surface area contributed by atoms with Gasteiger partial charge in [0.2, 0.25) is 11.8 Å². The second kappa shape index (κ2) is 4.36. The Bertz CT molecular complexity index is 374. The summed E-state index contributed by atoms with van der Waals surface area (Å²) in [5.74, 6) is -0.613. The van der Waals surface area contributed by atoms with E-state index in [1.165, 1.54) is 6.42 Å². The van der Waals surface area contributed by atoms with E-state index in [1.807, 2.05) is 0 Å². The molecule has 1 aliphatic carbocycles. The average Bonchev–Trinajstić information content (AvgIpc) is 2.66. The summed E-state index contributed by atoms with van der Waals surface area (Å²) < 4.78 is 0. The van der Waals surface area contributed by atoms with E-state index >= 15 is 0 Å². The molecule has 0 aromatic carbocycles. The molecule has 1 radical (unpaired) electrons. The van der Waals surface area contributed by atoms with Crippen molar-refractivity contribution in [2.24, 2.45) is 17.1 Å². The first kappa shape index (κ1) is 11.9. The minimum Gasteiger partial charge on any atom is -0.369 e. The monoisotopic (exact) mass is 234 g/mol. The smallest absolute Gasteiger partial charge is 0.227 e. The fourth-order valence-corrected chi connectivity index (χ4v) is 2.54. The van der Waals surface area contributed by atoms with Gasteiger partial charge < -0.3 is 10.6 Å². The van der Waals surface area contributed by atoms with Gasteiger partial charge in [0.1, 0.15) is 0 Å². The summed E-state index contributed by atoms with van der Waals surface area (Å²) in [6.45, 7) is 0.946. The lowest BCUT2D eigenvalue weighted by Gasteiger charge is -2.37. The molecule has 0 spiro atoms. The van der Waals surface area contributed by atoms with Crippen LogP contribution >= 0.6 is 0 Å². The van der Waals surface area contributed by atoms with Gasteiger partial charge in [-0.05, 0) is 12.8 Å². The Morgan fingerprint density at radius 1 is 1.35 bits per heavy atom. The molecule has 2 aliphatic rings. The summed E-state index contributed by atoms with van der Waals surface area (Å²) in [5.41, 5.74) is 4.66. The summed E-state index contributed by atoms with van der Waals surface area (Å²) in [7, 11) is 0. The van der Waals surface area contributed by atoms with Gasteiger partial charge in [-0.25, -0.2) is 0 Å². The maximum absolute atomic E-state index is 11.9. The van der Waals surface area contributed by atoms with Crippen molar-refractivity contribution >= 4 is 11.8 Å². The molecule has 1 saturated carbocycles. The van der Waals surface area contributed by atoms with E-state index in [-0.39, 0.29) is 11.8 Å². The average molecular weight is 234 g/mol. The second-order valence-corrected chi connectivity index (χ2v) is 4.94. The number of hydrogen-bond acceptors (Lipinski definition) is 3. The molecule has 1 saturated heterocycles. The summed E-state index contributed by atoms with van der Waals surface area (Å²) in [6, 6.07) is 2.11. The zero-order chi connectivity index (χ0) is 12.5. The van der Waals surface area contributed by atoms with Crippen LogP contribution in [0.15, 0.2) is 0 Å². The molecule has 2 fully saturated rings. The molecule has 5 nitrogen and oxygen atoms in total. The number of rotatable bonds is 3. The minimum atomic E-state index is -0.741. The first-order valence-electron chi connectivity index (χ1n) is 5.92. The van der Waals surface area contributed by atoms with E-state index in [0.29, 0.717) is 25.9 Å². The van der Waals surface area contributed by atoms with Crippen molar-refractivity contribution in [3.05, 3.63) is 6.42 Å². The van der Waals surface area contributed by atoms with E-state index in [9.17, 15) is 9.59 Å². The van der Waals surface area contributed by atoms with Crippen molar-refractivity contribution in [1.29, 1.82) is 5.26 Å². The second-order valence-electron chi connectivity index (χ2n) is 4.94. The van der Waals surface area contributed by atoms with Crippen LogP contribution in [0.5, 0.6) is 0 Å². The third kappa shape index (κ3) is 2.12. The maximum atomic E-state index is 11.9. The Morgan fingerprint density at radius 2 is 1.94 bits per heavy atom. The zero-order valence-corrected chi connectivity index (χ0v) is 9.69. The number of likely N-dealkylation sites (tertiary alicyclic amines) is 1. The topological polar surface area (TPSA) is 87.2 Å². The highest BCUT2D eigenvalue weighted by Gasteiger charge is 2.44. The Labute approximate surface area is 101 Å². The fourth-order valence-electron chi connectivity index (χ4n) is 2.54. The van der Waals surface area contributed by atoms with Crippen molar-refractivity contribution < 1.29 is 9.59 Å². The lowest BCUT2D eigenvalue weighted by atomic mass is 9.81. The van der Waals surface area contributed by atoms with Crippen LogP contribution in [0.25, 0.3) is 0 Å². The molecule has 1 heterocycles. The molecule has 2 amide bonds. The molecule has 1 aliphatic heterocycles. The number of nitriles is 1. The molecular weight excluding hydrogens is 218 g/mol. The van der Waals surface area contributed by atoms with Gasteiger partial charge >= 0.3 is 0 Å². The van der Waals surface area contributed by atoms with Gasteiger partial charge in [0.15, 0.2) is 0 Å². The van der Waals surface area contributed by atoms with Crippen LogP contribution < -0.4 is 5.73 Å². The molecule has 0 bridgehead atoms. The van der Waals surface area contributed by atoms with Gasteiger partial charge in [-0.2, -0.15) is 5.26 Å². The Hall–Kier alpha value is -1.57. The molecule has 0 aromatic rings. The highest BCUT2D eigenvalue weighted by molar-refractivity contribution is 5.95. The van der Waals surface area contributed by atoms with Crippen molar-refractivity contribution in [3.8, 4) is 6.07 Å². The SMILES string of the molecule is N#CC1CN(C(=O)[CH]C2(C(N)=O)CCCC2)C1. The van der Waals surface area contributed by atoms with Gasteiger partial charge in [-0.3, -0.25) is 9.59 Å². The zero-order valence-electron chi connectivity index (χ0n) is 9.69. The van der Waals surface area contributed by atoms with Crippen LogP contribution in [0.2, 0.25) is 0 Å². The Morgan fingerprint density at radius 3 is 2.41 bits per heavy atom. The minimum absolute atomic E-state index is 0.0551. The normalized spacial score (nSPS) is 22.9. The Kier molecular flexibility index (Phi) is 3.05. The first-order valence-corrected chi connectivity index (χ1v) is 5.92. The van der Waals surface area contributed by atoms with Crippen molar-refractivity contribution in [3.63, 3.8) is 0 Å². The molecule has 0 aromatic heterocycles. The molecule has 2 N–H and O–H groups in total. The van der Waals surface area contributed by atoms with E-state index < -0.39 is 11.3 Å². The third-order valence-electron chi connectivity index (χ3n) is 3.76. The molecule has 17 heavy (non-hydrogen) atoms. The van der Waals surface area contributed by atoms with Gasteiger partial charge in [-0.15, -0.1) is 0 Å². The molecule has 5 heteroatoms. The van der Waals surface area contributed by atoms with E-state index in [2.05, 4.69) is 6.07 Å². The summed E-state index contributed by atoms with van der Waals surface area (Å²) in [6.07, 6.45) is 4.70. The number of nitrogens with zero attached hydrogens (tertiary/aromatic N) is 2. The summed E-state index contributed by atoms with van der Waals surface area (Å²) >= 11 is 0. The van der Waals surface area contributed by atoms with Crippen LogP contribution in [-0.4, -0.2) is 29.8 Å². The number of carbonyl (C=O) groups excluding carboxylic acids is 2. The number of hydrogen-bond donors (Lipinski definition) is 1. The number of primary amides is 1. The van der Waals surface area contributed by atoms with Gasteiger partial charge in [0.05, 0.1) is 23.8 Å². The molecule has 2 rings (SSSR count). The molecule has 0 atom stereocenters. The Balaban J connectivity index is 1.94. The van der Waals surface area contributed by atoms with E-state index in [1.54, 1.807) is 4.90 Å². The van der Waals surface area contributed by atoms with Crippen LogP contribution in [0.1, 0.15) is 25.7 Å². The van der Waals surface area contributed by atoms with Crippen LogP contribution in [0, 0.1) is 29.1 Å². The summed E-state index contributed by atoms with van der Waals surface area (Å²) in [4.78, 5) is 25.0. The van der Waals surface area contributed by atoms with Gasteiger partial charge in [-0.1, -0.05) is 12.8 Å². The predicted molar refractivity (Wildman–Crippen MR) is 60.1 cm³/mol. The highest BCUT2D eigenvalue weighted by atomic mass is 16.2. The quantitative estimate of drug-likeness (QED) is 0.757.